The molecule has 2 N–H and O–H groups in total. The largest absolute Gasteiger partial charge is 0.369 e. The van der Waals surface area contributed by atoms with Crippen molar-refractivity contribution in [3.63, 3.8) is 0 Å². The van der Waals surface area contributed by atoms with Crippen molar-refractivity contribution in [2.24, 2.45) is 17.6 Å². The van der Waals surface area contributed by atoms with E-state index in [9.17, 15) is 4.79 Å². The molecule has 0 saturated carbocycles. The zero-order valence-corrected chi connectivity index (χ0v) is 11.3. The number of amides is 1. The van der Waals surface area contributed by atoms with Crippen LogP contribution in [0.5, 0.6) is 0 Å². The third-order valence-electron chi connectivity index (χ3n) is 3.46. The third kappa shape index (κ3) is 6.14. The first-order chi connectivity index (χ1) is 7.67. The van der Waals surface area contributed by atoms with Gasteiger partial charge in [0, 0.05) is 5.92 Å². The van der Waals surface area contributed by atoms with Crippen LogP contribution in [-0.4, -0.2) is 5.91 Å². The van der Waals surface area contributed by atoms with Gasteiger partial charge in [0.05, 0.1) is 0 Å². The van der Waals surface area contributed by atoms with Gasteiger partial charge >= 0.3 is 0 Å². The number of carbonyl (C=O) groups is 1. The number of nitrogens with two attached hydrogens (primary N) is 1. The summed E-state index contributed by atoms with van der Waals surface area (Å²) in [6, 6.07) is 0. The van der Waals surface area contributed by atoms with E-state index in [1.807, 2.05) is 0 Å². The predicted octanol–water partition coefficient (Wildman–Crippen LogP) is 3.88. The molecule has 0 radical (unpaired) electrons. The highest BCUT2D eigenvalue weighted by atomic mass is 16.1. The van der Waals surface area contributed by atoms with Crippen LogP contribution in [0.15, 0.2) is 0 Å². The lowest BCUT2D eigenvalue weighted by Crippen LogP contribution is -2.29. The van der Waals surface area contributed by atoms with Crippen LogP contribution in [0.3, 0.4) is 0 Å². The van der Waals surface area contributed by atoms with Crippen LogP contribution in [0.2, 0.25) is 0 Å². The molecule has 0 spiro atoms. The Morgan fingerprint density at radius 1 is 1.00 bits per heavy atom. The highest BCUT2D eigenvalue weighted by molar-refractivity contribution is 5.76. The molecule has 0 aromatic rings. The molecular formula is C14H29NO. The van der Waals surface area contributed by atoms with Crippen LogP contribution in [0, 0.1) is 11.8 Å². The summed E-state index contributed by atoms with van der Waals surface area (Å²) in [4.78, 5) is 11.4. The van der Waals surface area contributed by atoms with Gasteiger partial charge in [0.25, 0.3) is 0 Å². The Bertz CT molecular complexity index is 180. The molecule has 0 bridgehead atoms. The predicted molar refractivity (Wildman–Crippen MR) is 70.1 cm³/mol. The molecule has 2 unspecified atom stereocenters. The zero-order chi connectivity index (χ0) is 12.4. The second-order valence-corrected chi connectivity index (χ2v) is 4.82. The molecule has 2 atom stereocenters. The van der Waals surface area contributed by atoms with Gasteiger partial charge in [0.1, 0.15) is 0 Å². The van der Waals surface area contributed by atoms with Crippen LogP contribution in [0.4, 0.5) is 0 Å². The summed E-state index contributed by atoms with van der Waals surface area (Å²) in [5.74, 6) is 0.516. The van der Waals surface area contributed by atoms with E-state index >= 15 is 0 Å². The Morgan fingerprint density at radius 3 is 2.12 bits per heavy atom. The van der Waals surface area contributed by atoms with E-state index in [4.69, 9.17) is 5.73 Å². The highest BCUT2D eigenvalue weighted by Crippen LogP contribution is 2.26. The van der Waals surface area contributed by atoms with E-state index in [1.54, 1.807) is 0 Å². The van der Waals surface area contributed by atoms with Gasteiger partial charge in [-0.2, -0.15) is 0 Å². The smallest absolute Gasteiger partial charge is 0.220 e. The normalized spacial score (nSPS) is 14.7. The van der Waals surface area contributed by atoms with E-state index < -0.39 is 0 Å². The summed E-state index contributed by atoms with van der Waals surface area (Å²) in [5.41, 5.74) is 5.47. The lowest BCUT2D eigenvalue weighted by molar-refractivity contribution is -0.123. The van der Waals surface area contributed by atoms with Crippen molar-refractivity contribution in [1.82, 2.24) is 0 Å². The highest BCUT2D eigenvalue weighted by Gasteiger charge is 2.23. The summed E-state index contributed by atoms with van der Waals surface area (Å²) < 4.78 is 0. The first-order valence-corrected chi connectivity index (χ1v) is 6.96. The van der Waals surface area contributed by atoms with Crippen LogP contribution in [0.1, 0.15) is 72.1 Å². The average molecular weight is 227 g/mol. The van der Waals surface area contributed by atoms with Gasteiger partial charge in [-0.15, -0.1) is 0 Å². The van der Waals surface area contributed by atoms with Crippen molar-refractivity contribution >= 4 is 5.91 Å². The van der Waals surface area contributed by atoms with Gasteiger partial charge in [-0.05, 0) is 25.2 Å². The van der Waals surface area contributed by atoms with Crippen LogP contribution in [-0.2, 0) is 4.79 Å². The number of rotatable bonds is 10. The number of carbonyl (C=O) groups excluding carboxylic acids is 1. The topological polar surface area (TPSA) is 43.1 Å². The van der Waals surface area contributed by atoms with Gasteiger partial charge in [0.15, 0.2) is 0 Å². The van der Waals surface area contributed by atoms with Crippen LogP contribution >= 0.6 is 0 Å². The fourth-order valence-electron chi connectivity index (χ4n) is 2.52. The van der Waals surface area contributed by atoms with E-state index in [0.29, 0.717) is 5.92 Å². The Hall–Kier alpha value is -0.530. The van der Waals surface area contributed by atoms with Crippen molar-refractivity contribution < 1.29 is 4.79 Å². The second-order valence-electron chi connectivity index (χ2n) is 4.82. The molecule has 0 rings (SSSR count). The van der Waals surface area contributed by atoms with Crippen LogP contribution in [0.25, 0.3) is 0 Å². The Labute approximate surface area is 101 Å². The van der Waals surface area contributed by atoms with Crippen molar-refractivity contribution in [2.75, 3.05) is 0 Å². The Morgan fingerprint density at radius 2 is 1.69 bits per heavy atom. The van der Waals surface area contributed by atoms with Gasteiger partial charge < -0.3 is 5.73 Å². The average Bonchev–Trinajstić information content (AvgIpc) is 2.24. The quantitative estimate of drug-likeness (QED) is 0.565. The fraction of sp³-hybridized carbons (Fsp3) is 0.929. The SMILES string of the molecule is CCCCCCC(CCC)C(CC)C(N)=O. The third-order valence-corrected chi connectivity index (χ3v) is 3.46. The molecule has 2 heteroatoms. The summed E-state index contributed by atoms with van der Waals surface area (Å²) in [5, 5.41) is 0. The maximum atomic E-state index is 11.4. The number of hydrogen-bond acceptors (Lipinski definition) is 1. The van der Waals surface area contributed by atoms with Crippen molar-refractivity contribution in [2.45, 2.75) is 72.1 Å². The first kappa shape index (κ1) is 15.5. The fourth-order valence-corrected chi connectivity index (χ4v) is 2.52. The molecule has 96 valence electrons. The molecule has 2 nitrogen and oxygen atoms in total. The molecule has 0 fully saturated rings. The summed E-state index contributed by atoms with van der Waals surface area (Å²) >= 11 is 0. The molecule has 1 amide bonds. The summed E-state index contributed by atoms with van der Waals surface area (Å²) in [6.45, 7) is 6.48. The van der Waals surface area contributed by atoms with Crippen molar-refractivity contribution in [1.29, 1.82) is 0 Å². The molecule has 0 aliphatic carbocycles. The molecule has 0 heterocycles. The molecule has 0 aromatic carbocycles. The minimum absolute atomic E-state index is 0.0987. The Kier molecular flexibility index (Phi) is 9.36. The number of primary amides is 1. The van der Waals surface area contributed by atoms with E-state index in [-0.39, 0.29) is 11.8 Å². The molecule has 16 heavy (non-hydrogen) atoms. The first-order valence-electron chi connectivity index (χ1n) is 6.96. The summed E-state index contributed by atoms with van der Waals surface area (Å²) in [7, 11) is 0. The molecular weight excluding hydrogens is 198 g/mol. The van der Waals surface area contributed by atoms with E-state index in [1.165, 1.54) is 32.1 Å². The van der Waals surface area contributed by atoms with Crippen LogP contribution < -0.4 is 5.73 Å². The number of unbranched alkanes of at least 4 members (excludes halogenated alkanes) is 3. The van der Waals surface area contributed by atoms with Gasteiger partial charge in [0.2, 0.25) is 5.91 Å². The summed E-state index contributed by atoms with van der Waals surface area (Å²) in [6.07, 6.45) is 9.50. The van der Waals surface area contributed by atoms with Gasteiger partial charge in [-0.3, -0.25) is 4.79 Å². The van der Waals surface area contributed by atoms with Crippen molar-refractivity contribution in [3.05, 3.63) is 0 Å². The molecule has 0 aliphatic rings. The zero-order valence-electron chi connectivity index (χ0n) is 11.3. The van der Waals surface area contributed by atoms with Crippen molar-refractivity contribution in [3.8, 4) is 0 Å². The van der Waals surface area contributed by atoms with E-state index in [0.717, 1.165) is 19.3 Å². The standard InChI is InChI=1S/C14H29NO/c1-4-7-8-9-11-12(10-5-2)13(6-3)14(15)16/h12-13H,4-11H2,1-3H3,(H2,15,16). The maximum Gasteiger partial charge on any atom is 0.220 e. The van der Waals surface area contributed by atoms with E-state index in [2.05, 4.69) is 20.8 Å². The molecule has 0 saturated heterocycles. The maximum absolute atomic E-state index is 11.4. The van der Waals surface area contributed by atoms with Gasteiger partial charge in [-0.1, -0.05) is 52.9 Å². The lowest BCUT2D eigenvalue weighted by atomic mass is 9.82. The minimum atomic E-state index is -0.101. The lowest BCUT2D eigenvalue weighted by Gasteiger charge is -2.23. The van der Waals surface area contributed by atoms with Gasteiger partial charge in [-0.25, -0.2) is 0 Å². The minimum Gasteiger partial charge on any atom is -0.369 e. The number of hydrogen-bond donors (Lipinski definition) is 1. The second kappa shape index (κ2) is 9.68. The monoisotopic (exact) mass is 227 g/mol. The molecule has 0 aromatic heterocycles. The molecule has 0 aliphatic heterocycles. The Balaban J connectivity index is 4.07.